The molecule has 0 saturated carbocycles. The summed E-state index contributed by atoms with van der Waals surface area (Å²) < 4.78 is 0. The summed E-state index contributed by atoms with van der Waals surface area (Å²) >= 11 is 0. The van der Waals surface area contributed by atoms with Gasteiger partial charge in [-0.3, -0.25) is 0 Å². The molecule has 0 spiro atoms. The van der Waals surface area contributed by atoms with E-state index in [1.165, 1.54) is 32.4 Å². The zero-order valence-electron chi connectivity index (χ0n) is 12.7. The number of rotatable bonds is 6. The van der Waals surface area contributed by atoms with Crippen molar-refractivity contribution in [1.29, 1.82) is 0 Å². The number of hydrogen-bond donors (Lipinski definition) is 2. The van der Waals surface area contributed by atoms with Crippen LogP contribution in [0.1, 0.15) is 59.8 Å². The summed E-state index contributed by atoms with van der Waals surface area (Å²) in [5, 5.41) is 13.9. The molecular weight excluding hydrogens is 224 g/mol. The van der Waals surface area contributed by atoms with Gasteiger partial charge < -0.3 is 15.3 Å². The van der Waals surface area contributed by atoms with Crippen LogP contribution in [0.4, 0.5) is 0 Å². The topological polar surface area (TPSA) is 35.5 Å². The molecule has 0 amide bonds. The van der Waals surface area contributed by atoms with E-state index in [1.54, 1.807) is 0 Å². The molecule has 1 heterocycles. The van der Waals surface area contributed by atoms with Crippen molar-refractivity contribution in [3.63, 3.8) is 0 Å². The third-order valence-electron chi connectivity index (χ3n) is 4.53. The Bertz CT molecular complexity index is 227. The lowest BCUT2D eigenvalue weighted by molar-refractivity contribution is 0.0293. The summed E-state index contributed by atoms with van der Waals surface area (Å²) in [4.78, 5) is 2.56. The minimum absolute atomic E-state index is 0.510. The number of aliphatic hydroxyl groups is 1. The fraction of sp³-hybridized carbons (Fsp3) is 1.00. The predicted molar refractivity (Wildman–Crippen MR) is 77.9 cm³/mol. The van der Waals surface area contributed by atoms with Crippen molar-refractivity contribution in [2.45, 2.75) is 77.5 Å². The minimum atomic E-state index is -0.510. The summed E-state index contributed by atoms with van der Waals surface area (Å²) in [6.07, 6.45) is 5.39. The van der Waals surface area contributed by atoms with E-state index in [2.05, 4.69) is 37.9 Å². The lowest BCUT2D eigenvalue weighted by atomic mass is 9.96. The fourth-order valence-corrected chi connectivity index (χ4v) is 2.67. The molecule has 1 aliphatic rings. The maximum Gasteiger partial charge on any atom is 0.0766 e. The first-order valence-electron chi connectivity index (χ1n) is 7.70. The van der Waals surface area contributed by atoms with E-state index in [0.29, 0.717) is 12.1 Å². The van der Waals surface area contributed by atoms with Gasteiger partial charge in [-0.25, -0.2) is 0 Å². The summed E-state index contributed by atoms with van der Waals surface area (Å²) in [7, 11) is 0. The van der Waals surface area contributed by atoms with Crippen LogP contribution in [-0.4, -0.2) is 47.3 Å². The highest BCUT2D eigenvalue weighted by molar-refractivity contribution is 4.82. The van der Waals surface area contributed by atoms with E-state index in [9.17, 15) is 5.11 Å². The third kappa shape index (κ3) is 4.87. The molecule has 1 atom stereocenters. The van der Waals surface area contributed by atoms with Gasteiger partial charge in [0, 0.05) is 18.6 Å². The monoisotopic (exact) mass is 256 g/mol. The van der Waals surface area contributed by atoms with Gasteiger partial charge in [-0.2, -0.15) is 0 Å². The van der Waals surface area contributed by atoms with Crippen LogP contribution in [0.2, 0.25) is 0 Å². The highest BCUT2D eigenvalue weighted by Crippen LogP contribution is 2.17. The molecule has 0 bridgehead atoms. The molecule has 0 aromatic carbocycles. The Morgan fingerprint density at radius 1 is 1.22 bits per heavy atom. The van der Waals surface area contributed by atoms with Gasteiger partial charge in [0.15, 0.2) is 0 Å². The Morgan fingerprint density at radius 3 is 2.44 bits per heavy atom. The Morgan fingerprint density at radius 2 is 1.89 bits per heavy atom. The van der Waals surface area contributed by atoms with Crippen molar-refractivity contribution < 1.29 is 5.11 Å². The van der Waals surface area contributed by atoms with Crippen molar-refractivity contribution in [1.82, 2.24) is 10.2 Å². The smallest absolute Gasteiger partial charge is 0.0766 e. The summed E-state index contributed by atoms with van der Waals surface area (Å²) in [6, 6.07) is 1.24. The van der Waals surface area contributed by atoms with Gasteiger partial charge in [-0.05, 0) is 59.0 Å². The van der Waals surface area contributed by atoms with Gasteiger partial charge >= 0.3 is 0 Å². The van der Waals surface area contributed by atoms with E-state index < -0.39 is 5.60 Å². The second-order valence-electron chi connectivity index (χ2n) is 6.07. The van der Waals surface area contributed by atoms with Gasteiger partial charge in [-0.1, -0.05) is 13.8 Å². The highest BCUT2D eigenvalue weighted by atomic mass is 16.3. The molecule has 2 N–H and O–H groups in total. The molecule has 3 heteroatoms. The second kappa shape index (κ2) is 7.46. The molecule has 1 rings (SSSR count). The SMILES string of the molecule is CCC(O)(CC)CNC1CCCN(C(C)C)CC1. The minimum Gasteiger partial charge on any atom is -0.389 e. The zero-order chi connectivity index (χ0) is 13.6. The van der Waals surface area contributed by atoms with Crippen molar-refractivity contribution in [2.24, 2.45) is 0 Å². The van der Waals surface area contributed by atoms with E-state index in [4.69, 9.17) is 0 Å². The third-order valence-corrected chi connectivity index (χ3v) is 4.53. The molecule has 1 aliphatic heterocycles. The lowest BCUT2D eigenvalue weighted by Crippen LogP contribution is -2.44. The molecule has 108 valence electrons. The molecule has 0 aromatic rings. The summed E-state index contributed by atoms with van der Waals surface area (Å²) in [5.41, 5.74) is -0.510. The van der Waals surface area contributed by atoms with Crippen molar-refractivity contribution in [3.05, 3.63) is 0 Å². The molecule has 1 fully saturated rings. The van der Waals surface area contributed by atoms with Crippen LogP contribution >= 0.6 is 0 Å². The lowest BCUT2D eigenvalue weighted by Gasteiger charge is -2.28. The largest absolute Gasteiger partial charge is 0.389 e. The van der Waals surface area contributed by atoms with E-state index in [0.717, 1.165) is 19.4 Å². The van der Waals surface area contributed by atoms with Crippen LogP contribution in [0.3, 0.4) is 0 Å². The van der Waals surface area contributed by atoms with Gasteiger partial charge in [-0.15, -0.1) is 0 Å². The van der Waals surface area contributed by atoms with Gasteiger partial charge in [0.25, 0.3) is 0 Å². The molecule has 1 unspecified atom stereocenters. The zero-order valence-corrected chi connectivity index (χ0v) is 12.7. The van der Waals surface area contributed by atoms with Crippen LogP contribution in [0.25, 0.3) is 0 Å². The first-order chi connectivity index (χ1) is 8.50. The van der Waals surface area contributed by atoms with Gasteiger partial charge in [0.1, 0.15) is 0 Å². The van der Waals surface area contributed by atoms with Gasteiger partial charge in [0.2, 0.25) is 0 Å². The average Bonchev–Trinajstić information content (AvgIpc) is 2.61. The first-order valence-corrected chi connectivity index (χ1v) is 7.70. The summed E-state index contributed by atoms with van der Waals surface area (Å²) in [6.45, 7) is 11.8. The van der Waals surface area contributed by atoms with E-state index >= 15 is 0 Å². The van der Waals surface area contributed by atoms with Crippen molar-refractivity contribution >= 4 is 0 Å². The summed E-state index contributed by atoms with van der Waals surface area (Å²) in [5.74, 6) is 0. The Balaban J connectivity index is 2.35. The van der Waals surface area contributed by atoms with E-state index in [-0.39, 0.29) is 0 Å². The number of likely N-dealkylation sites (tertiary alicyclic amines) is 1. The van der Waals surface area contributed by atoms with Crippen molar-refractivity contribution in [3.8, 4) is 0 Å². The maximum atomic E-state index is 10.3. The van der Waals surface area contributed by atoms with Crippen LogP contribution < -0.4 is 5.32 Å². The molecule has 3 nitrogen and oxygen atoms in total. The van der Waals surface area contributed by atoms with Crippen molar-refractivity contribution in [2.75, 3.05) is 19.6 Å². The molecule has 0 radical (unpaired) electrons. The van der Waals surface area contributed by atoms with Crippen LogP contribution in [0.5, 0.6) is 0 Å². The molecular formula is C15H32N2O. The fourth-order valence-electron chi connectivity index (χ4n) is 2.67. The number of nitrogens with zero attached hydrogens (tertiary/aromatic N) is 1. The molecule has 0 aliphatic carbocycles. The molecule has 0 aromatic heterocycles. The average molecular weight is 256 g/mol. The Hall–Kier alpha value is -0.120. The maximum absolute atomic E-state index is 10.3. The Kier molecular flexibility index (Phi) is 6.61. The van der Waals surface area contributed by atoms with Crippen LogP contribution in [0, 0.1) is 0 Å². The Labute approximate surface area is 113 Å². The quantitative estimate of drug-likeness (QED) is 0.766. The molecule has 18 heavy (non-hydrogen) atoms. The highest BCUT2D eigenvalue weighted by Gasteiger charge is 2.24. The first kappa shape index (κ1) is 15.9. The molecule has 1 saturated heterocycles. The predicted octanol–water partition coefficient (Wildman–Crippen LogP) is 2.39. The standard InChI is InChI=1S/C15H32N2O/c1-5-15(18,6-2)12-16-14-8-7-10-17(11-9-14)13(3)4/h13-14,16,18H,5-12H2,1-4H3. The van der Waals surface area contributed by atoms with Crippen LogP contribution in [0.15, 0.2) is 0 Å². The van der Waals surface area contributed by atoms with Crippen LogP contribution in [-0.2, 0) is 0 Å². The number of hydrogen-bond acceptors (Lipinski definition) is 3. The van der Waals surface area contributed by atoms with E-state index in [1.807, 2.05) is 0 Å². The van der Waals surface area contributed by atoms with Gasteiger partial charge in [0.05, 0.1) is 5.60 Å². The second-order valence-corrected chi connectivity index (χ2v) is 6.07. The number of nitrogens with one attached hydrogen (secondary N) is 1. The normalized spacial score (nSPS) is 23.3.